The van der Waals surface area contributed by atoms with Crippen LogP contribution in [-0.4, -0.2) is 49.8 Å². The second-order valence-electron chi connectivity index (χ2n) is 4.37. The van der Waals surface area contributed by atoms with Gasteiger partial charge >= 0.3 is 0 Å². The van der Waals surface area contributed by atoms with Crippen molar-refractivity contribution in [2.24, 2.45) is 0 Å². The van der Waals surface area contributed by atoms with E-state index in [2.05, 4.69) is 4.98 Å². The van der Waals surface area contributed by atoms with E-state index in [1.54, 1.807) is 33.0 Å². The van der Waals surface area contributed by atoms with Gasteiger partial charge in [-0.05, 0) is 6.92 Å². The fourth-order valence-corrected chi connectivity index (χ4v) is 1.47. The third kappa shape index (κ3) is 2.62. The first-order valence-corrected chi connectivity index (χ1v) is 5.65. The van der Waals surface area contributed by atoms with Crippen LogP contribution in [0.4, 0.5) is 6.01 Å². The number of carbonyl (C=O) groups excluding carboxylic acids is 1. The zero-order valence-corrected chi connectivity index (χ0v) is 10.9. The van der Waals surface area contributed by atoms with Crippen molar-refractivity contribution in [3.63, 3.8) is 0 Å². The second kappa shape index (κ2) is 4.95. The monoisotopic (exact) mass is 255 g/mol. The number of likely N-dealkylation sites (N-methyl/N-ethyl adjacent to an activating group) is 2. The predicted molar refractivity (Wildman–Crippen MR) is 62.8 cm³/mol. The maximum atomic E-state index is 11.5. The second-order valence-corrected chi connectivity index (χ2v) is 4.37. The molecule has 1 amide bonds. The zero-order valence-electron chi connectivity index (χ0n) is 10.9. The summed E-state index contributed by atoms with van der Waals surface area (Å²) in [6.07, 6.45) is 0.807. The van der Waals surface area contributed by atoms with Gasteiger partial charge in [0.05, 0.1) is 0 Å². The number of hydrogen-bond acceptors (Lipinski definition) is 6. The first-order chi connectivity index (χ1) is 8.47. The Kier molecular flexibility index (Phi) is 3.53. The quantitative estimate of drug-likeness (QED) is 0.784. The number of rotatable bonds is 4. The molecule has 1 saturated heterocycles. The van der Waals surface area contributed by atoms with Gasteiger partial charge in [-0.15, -0.1) is 0 Å². The molecule has 0 aliphatic carbocycles. The van der Waals surface area contributed by atoms with Crippen LogP contribution in [0.25, 0.3) is 0 Å². The molecule has 0 aromatic carbocycles. The van der Waals surface area contributed by atoms with Gasteiger partial charge in [0.25, 0.3) is 6.01 Å². The summed E-state index contributed by atoms with van der Waals surface area (Å²) < 4.78 is 15.9. The van der Waals surface area contributed by atoms with E-state index < -0.39 is 6.29 Å². The van der Waals surface area contributed by atoms with E-state index >= 15 is 0 Å². The van der Waals surface area contributed by atoms with Crippen molar-refractivity contribution < 1.29 is 18.7 Å². The molecule has 2 rings (SSSR count). The Labute approximate surface area is 105 Å². The molecular weight excluding hydrogens is 238 g/mol. The molecule has 100 valence electrons. The van der Waals surface area contributed by atoms with Crippen LogP contribution >= 0.6 is 0 Å². The topological polar surface area (TPSA) is 68.0 Å². The lowest BCUT2D eigenvalue weighted by Gasteiger charge is -2.31. The average Bonchev–Trinajstić information content (AvgIpc) is 2.73. The van der Waals surface area contributed by atoms with Gasteiger partial charge in [0.2, 0.25) is 12.2 Å². The van der Waals surface area contributed by atoms with Gasteiger partial charge < -0.3 is 23.7 Å². The molecule has 0 radical (unpaired) electrons. The largest absolute Gasteiger partial charge is 0.432 e. The van der Waals surface area contributed by atoms with Crippen LogP contribution < -0.4 is 4.90 Å². The van der Waals surface area contributed by atoms with Crippen molar-refractivity contribution in [2.75, 3.05) is 32.6 Å². The molecule has 2 heterocycles. The molecule has 1 aromatic heterocycles. The number of amides is 1. The molecular formula is C11H17N3O4. The van der Waals surface area contributed by atoms with E-state index in [1.165, 1.54) is 11.2 Å². The van der Waals surface area contributed by atoms with E-state index in [4.69, 9.17) is 13.9 Å². The third-order valence-corrected chi connectivity index (χ3v) is 2.58. The smallest absolute Gasteiger partial charge is 0.297 e. The van der Waals surface area contributed by atoms with Crippen molar-refractivity contribution >= 4 is 11.9 Å². The summed E-state index contributed by atoms with van der Waals surface area (Å²) in [5.74, 6) is -0.0259. The van der Waals surface area contributed by atoms with Crippen LogP contribution in [-0.2, 0) is 14.3 Å². The molecule has 1 aromatic rings. The molecule has 0 spiro atoms. The Morgan fingerprint density at radius 2 is 2.06 bits per heavy atom. The Balaban J connectivity index is 1.95. The summed E-state index contributed by atoms with van der Waals surface area (Å²) in [5, 5.41) is 0. The SMILES string of the molecule is CC1OC(c2coc(N(C)CC(=O)N(C)C)n2)O1. The molecule has 0 atom stereocenters. The Bertz CT molecular complexity index is 426. The number of carbonyl (C=O) groups is 1. The minimum Gasteiger partial charge on any atom is -0.432 e. The number of anilines is 1. The van der Waals surface area contributed by atoms with Gasteiger partial charge in [-0.2, -0.15) is 4.98 Å². The first kappa shape index (κ1) is 12.8. The summed E-state index contributed by atoms with van der Waals surface area (Å²) in [6.45, 7) is 2.01. The number of nitrogens with zero attached hydrogens (tertiary/aromatic N) is 3. The minimum absolute atomic E-state index is 0.0259. The van der Waals surface area contributed by atoms with E-state index in [9.17, 15) is 4.79 Å². The van der Waals surface area contributed by atoms with Gasteiger partial charge in [0.1, 0.15) is 18.5 Å². The van der Waals surface area contributed by atoms with Crippen LogP contribution in [0, 0.1) is 0 Å². The summed E-state index contributed by atoms with van der Waals surface area (Å²) in [5.41, 5.74) is 0.576. The molecule has 7 nitrogen and oxygen atoms in total. The van der Waals surface area contributed by atoms with Crippen LogP contribution in [0.1, 0.15) is 18.9 Å². The van der Waals surface area contributed by atoms with Crippen molar-refractivity contribution in [3.05, 3.63) is 12.0 Å². The molecule has 0 bridgehead atoms. The highest BCUT2D eigenvalue weighted by molar-refractivity contribution is 5.80. The molecule has 1 fully saturated rings. The van der Waals surface area contributed by atoms with E-state index in [0.717, 1.165) is 0 Å². The summed E-state index contributed by atoms with van der Waals surface area (Å²) in [6, 6.07) is 0.368. The fourth-order valence-electron chi connectivity index (χ4n) is 1.47. The predicted octanol–water partition coefficient (Wildman–Crippen LogP) is 0.590. The highest BCUT2D eigenvalue weighted by Crippen LogP contribution is 2.31. The first-order valence-electron chi connectivity index (χ1n) is 5.65. The zero-order chi connectivity index (χ0) is 13.3. The lowest BCUT2D eigenvalue weighted by molar-refractivity contribution is -0.383. The Morgan fingerprint density at radius 1 is 1.39 bits per heavy atom. The molecule has 1 aliphatic rings. The highest BCUT2D eigenvalue weighted by atomic mass is 16.9. The van der Waals surface area contributed by atoms with Gasteiger partial charge in [-0.25, -0.2) is 0 Å². The molecule has 18 heavy (non-hydrogen) atoms. The summed E-state index contributed by atoms with van der Waals surface area (Å²) >= 11 is 0. The summed E-state index contributed by atoms with van der Waals surface area (Å²) in [4.78, 5) is 18.9. The van der Waals surface area contributed by atoms with Crippen molar-refractivity contribution in [3.8, 4) is 0 Å². The molecule has 7 heteroatoms. The lowest BCUT2D eigenvalue weighted by Crippen LogP contribution is -2.34. The lowest BCUT2D eigenvalue weighted by atomic mass is 10.4. The minimum atomic E-state index is -0.463. The maximum absolute atomic E-state index is 11.5. The highest BCUT2D eigenvalue weighted by Gasteiger charge is 2.31. The van der Waals surface area contributed by atoms with Gasteiger partial charge in [-0.1, -0.05) is 0 Å². The number of ether oxygens (including phenoxy) is 2. The van der Waals surface area contributed by atoms with E-state index in [0.29, 0.717) is 11.7 Å². The van der Waals surface area contributed by atoms with Crippen molar-refractivity contribution in [1.29, 1.82) is 0 Å². The van der Waals surface area contributed by atoms with Crippen LogP contribution in [0.2, 0.25) is 0 Å². The molecule has 0 saturated carbocycles. The van der Waals surface area contributed by atoms with E-state index in [-0.39, 0.29) is 18.7 Å². The fraction of sp³-hybridized carbons (Fsp3) is 0.636. The van der Waals surface area contributed by atoms with E-state index in [1.807, 2.05) is 0 Å². The summed E-state index contributed by atoms with van der Waals surface area (Å²) in [7, 11) is 5.14. The van der Waals surface area contributed by atoms with Gasteiger partial charge in [0, 0.05) is 21.1 Å². The standard InChI is InChI=1S/C11H17N3O4/c1-7-17-10(18-7)8-6-16-11(12-8)14(4)5-9(15)13(2)3/h6-7,10H,5H2,1-4H3. The Morgan fingerprint density at radius 3 is 2.61 bits per heavy atom. The molecule has 0 N–H and O–H groups in total. The van der Waals surface area contributed by atoms with Gasteiger partial charge in [-0.3, -0.25) is 4.79 Å². The average molecular weight is 255 g/mol. The van der Waals surface area contributed by atoms with Crippen LogP contribution in [0.3, 0.4) is 0 Å². The number of hydrogen-bond donors (Lipinski definition) is 0. The Hall–Kier alpha value is -1.60. The normalized spacial score (nSPS) is 22.4. The van der Waals surface area contributed by atoms with Crippen LogP contribution in [0.5, 0.6) is 0 Å². The number of oxazole rings is 1. The number of aromatic nitrogens is 1. The third-order valence-electron chi connectivity index (χ3n) is 2.58. The molecule has 1 aliphatic heterocycles. The maximum Gasteiger partial charge on any atom is 0.297 e. The van der Waals surface area contributed by atoms with Crippen molar-refractivity contribution in [2.45, 2.75) is 19.5 Å². The molecule has 0 unspecified atom stereocenters. The van der Waals surface area contributed by atoms with Gasteiger partial charge in [0.15, 0.2) is 6.29 Å². The van der Waals surface area contributed by atoms with Crippen molar-refractivity contribution in [1.82, 2.24) is 9.88 Å². The van der Waals surface area contributed by atoms with Crippen LogP contribution in [0.15, 0.2) is 10.7 Å².